The van der Waals surface area contributed by atoms with Crippen molar-refractivity contribution in [1.82, 2.24) is 14.0 Å². The fraction of sp³-hybridized carbons (Fsp3) is 0.200. The van der Waals surface area contributed by atoms with Crippen molar-refractivity contribution in [1.29, 1.82) is 0 Å². The van der Waals surface area contributed by atoms with E-state index in [1.165, 1.54) is 4.78 Å². The molecule has 240 valence electrons. The molecule has 3 rings (SSSR count). The van der Waals surface area contributed by atoms with Crippen LogP contribution in [-0.4, -0.2) is 73.8 Å². The van der Waals surface area contributed by atoms with Gasteiger partial charge in [0, 0.05) is 6.54 Å². The van der Waals surface area contributed by atoms with Gasteiger partial charge in [0.1, 0.15) is 5.75 Å². The van der Waals surface area contributed by atoms with Gasteiger partial charge in [0.15, 0.2) is 11.5 Å². The summed E-state index contributed by atoms with van der Waals surface area (Å²) in [5.74, 6) is 1.78. The van der Waals surface area contributed by atoms with Gasteiger partial charge in [-0.2, -0.15) is 0 Å². The van der Waals surface area contributed by atoms with Gasteiger partial charge in [0.05, 0.1) is 33.6 Å². The lowest BCUT2D eigenvalue weighted by Crippen LogP contribution is -2.19. The Morgan fingerprint density at radius 3 is 1.47 bits per heavy atom. The molecular formula is C25H31N5O9P4S2+2. The van der Waals surface area contributed by atoms with Gasteiger partial charge in [0.25, 0.3) is 0 Å². The molecule has 0 saturated heterocycles. The van der Waals surface area contributed by atoms with E-state index in [2.05, 4.69) is 10.2 Å². The van der Waals surface area contributed by atoms with Crippen LogP contribution in [0.1, 0.15) is 16.7 Å². The molecule has 0 radical (unpaired) electrons. The summed E-state index contributed by atoms with van der Waals surface area (Å²) < 4.78 is 42.5. The minimum atomic E-state index is -5.13. The molecule has 3 aromatic rings. The van der Waals surface area contributed by atoms with Gasteiger partial charge in [-0.15, -0.1) is 14.6 Å². The Hall–Kier alpha value is -2.70. The van der Waals surface area contributed by atoms with Gasteiger partial charge < -0.3 is 24.3 Å². The molecule has 0 aromatic heterocycles. The molecule has 14 nitrogen and oxygen atoms in total. The molecule has 0 spiro atoms. The minimum Gasteiger partial charge on any atom is -0.497 e. The Balaban J connectivity index is 1.48. The standard InChI is InChI=1S/C25H29N5O9P4S2/c1-28(26-18-21-6-10-23(37-3)11-7-21)41(45)39-25-14-8-22(9-15-25)19-27-29(2)40(44)38-24-12-4-20(5-13-24)16-17-30(42(31,32)33)43(34,35)36/h4-15,18-19H,16-17H2,1-3H3,(H2-2,31,32,33,34,35,36)/p+2/b26-18+,27-19+. The summed E-state index contributed by atoms with van der Waals surface area (Å²) >= 11 is 10.9. The van der Waals surface area contributed by atoms with E-state index in [9.17, 15) is 28.7 Å². The third-order valence-corrected chi connectivity index (χ3v) is 12.5. The number of methoxy groups -OCH3 is 1. The number of hydrogen-bond acceptors (Lipinski definition) is 9. The van der Waals surface area contributed by atoms with E-state index in [-0.39, 0.29) is 10.9 Å². The summed E-state index contributed by atoms with van der Waals surface area (Å²) in [6.07, 6.45) is 3.29. The molecule has 0 fully saturated rings. The average Bonchev–Trinajstić information content (AvgIpc) is 2.99. The van der Waals surface area contributed by atoms with Crippen LogP contribution < -0.4 is 13.8 Å². The van der Waals surface area contributed by atoms with Crippen molar-refractivity contribution < 1.29 is 42.5 Å². The third-order valence-electron chi connectivity index (χ3n) is 5.71. The van der Waals surface area contributed by atoms with Crippen LogP contribution in [0.4, 0.5) is 0 Å². The zero-order valence-corrected chi connectivity index (χ0v) is 29.4. The maximum Gasteiger partial charge on any atom is 0.540 e. The van der Waals surface area contributed by atoms with E-state index in [0.29, 0.717) is 17.1 Å². The van der Waals surface area contributed by atoms with Gasteiger partial charge in [0.2, 0.25) is 23.6 Å². The molecular weight excluding hydrogens is 702 g/mol. The predicted octanol–water partition coefficient (Wildman–Crippen LogP) is 4.96. The molecule has 2 unspecified atom stereocenters. The summed E-state index contributed by atoms with van der Waals surface area (Å²) in [7, 11) is -8.25. The monoisotopic (exact) mass is 733 g/mol. The Bertz CT molecular complexity index is 1600. The summed E-state index contributed by atoms with van der Waals surface area (Å²) in [5.41, 5.74) is 2.27. The van der Waals surface area contributed by atoms with Crippen LogP contribution in [0.5, 0.6) is 17.2 Å². The molecule has 20 heteroatoms. The number of hydrogen-bond donors (Lipinski definition) is 4. The summed E-state index contributed by atoms with van der Waals surface area (Å²) in [6, 6.07) is 21.1. The van der Waals surface area contributed by atoms with E-state index in [1.54, 1.807) is 74.8 Å². The first kappa shape index (κ1) is 36.8. The average molecular weight is 734 g/mol. The number of ether oxygens (including phenoxy) is 1. The molecule has 0 bridgehead atoms. The smallest absolute Gasteiger partial charge is 0.497 e. The number of rotatable bonds is 16. The van der Waals surface area contributed by atoms with Crippen LogP contribution in [0.2, 0.25) is 0 Å². The normalized spacial score (nSPS) is 12.8. The Labute approximate surface area is 272 Å². The van der Waals surface area contributed by atoms with E-state index in [0.717, 1.165) is 16.9 Å². The quantitative estimate of drug-likeness (QED) is 0.0882. The highest BCUT2D eigenvalue weighted by molar-refractivity contribution is 8.02. The lowest BCUT2D eigenvalue weighted by Gasteiger charge is -2.23. The van der Waals surface area contributed by atoms with Gasteiger partial charge >= 0.3 is 29.6 Å². The van der Waals surface area contributed by atoms with Crippen molar-refractivity contribution >= 4 is 65.7 Å². The highest BCUT2D eigenvalue weighted by Crippen LogP contribution is 2.57. The first-order valence-corrected chi connectivity index (χ1v) is 20.3. The number of benzene rings is 3. The molecule has 0 amide bonds. The highest BCUT2D eigenvalue weighted by atomic mass is 32.4. The molecule has 0 saturated carbocycles. The lowest BCUT2D eigenvalue weighted by atomic mass is 10.1. The van der Waals surface area contributed by atoms with Crippen LogP contribution in [0.3, 0.4) is 0 Å². The SMILES string of the molecule is COc1ccc(/C=N/N(C)[P+](=S)Oc2ccc(/C=N/N(C)[P+](=S)Oc3ccc(CCN(P(=O)(O)O)P(=O)(O)O)cc3)cc2)cc1. The highest BCUT2D eigenvalue weighted by Gasteiger charge is 2.39. The van der Waals surface area contributed by atoms with Crippen LogP contribution >= 0.6 is 29.6 Å². The minimum absolute atomic E-state index is 0.0174. The molecule has 4 N–H and O–H groups in total. The topological polar surface area (TPSA) is 177 Å². The first-order chi connectivity index (χ1) is 21.2. The van der Waals surface area contributed by atoms with Crippen LogP contribution in [0.25, 0.3) is 0 Å². The van der Waals surface area contributed by atoms with Gasteiger partial charge in [-0.1, -0.05) is 21.7 Å². The largest absolute Gasteiger partial charge is 0.540 e. The van der Waals surface area contributed by atoms with Crippen molar-refractivity contribution in [3.8, 4) is 17.2 Å². The van der Waals surface area contributed by atoms with Crippen molar-refractivity contribution in [2.45, 2.75) is 6.42 Å². The summed E-state index contributed by atoms with van der Waals surface area (Å²) in [5, 5.41) is 8.71. The summed E-state index contributed by atoms with van der Waals surface area (Å²) in [4.78, 5) is 36.8. The van der Waals surface area contributed by atoms with E-state index >= 15 is 0 Å². The van der Waals surface area contributed by atoms with Crippen molar-refractivity contribution in [2.24, 2.45) is 10.2 Å². The molecule has 0 aliphatic heterocycles. The third kappa shape index (κ3) is 12.2. The molecule has 0 heterocycles. The molecule has 0 aliphatic carbocycles. The van der Waals surface area contributed by atoms with Crippen molar-refractivity contribution in [3.05, 3.63) is 89.5 Å². The van der Waals surface area contributed by atoms with Crippen LogP contribution in [0.15, 0.2) is 83.0 Å². The Kier molecular flexibility index (Phi) is 13.7. The maximum absolute atomic E-state index is 11.4. The number of nitrogens with zero attached hydrogens (tertiary/aromatic N) is 5. The van der Waals surface area contributed by atoms with E-state index in [1.807, 2.05) is 36.4 Å². The van der Waals surface area contributed by atoms with Crippen molar-refractivity contribution in [2.75, 3.05) is 27.7 Å². The van der Waals surface area contributed by atoms with Crippen molar-refractivity contribution in [3.63, 3.8) is 0 Å². The molecule has 0 aliphatic rings. The molecule has 2 atom stereocenters. The van der Waals surface area contributed by atoms with Crippen LogP contribution in [-0.2, 0) is 39.2 Å². The molecule has 45 heavy (non-hydrogen) atoms. The fourth-order valence-electron chi connectivity index (χ4n) is 3.35. The second kappa shape index (κ2) is 16.7. The molecule has 3 aromatic carbocycles. The van der Waals surface area contributed by atoms with E-state index in [4.69, 9.17) is 37.4 Å². The number of hydrazone groups is 2. The van der Waals surface area contributed by atoms with Gasteiger partial charge in [-0.25, -0.2) is 9.13 Å². The first-order valence-electron chi connectivity index (χ1n) is 12.7. The van der Waals surface area contributed by atoms with Crippen LogP contribution in [0, 0.1) is 0 Å². The Morgan fingerprint density at radius 1 is 0.711 bits per heavy atom. The Morgan fingerprint density at radius 2 is 1.09 bits per heavy atom. The van der Waals surface area contributed by atoms with E-state index < -0.39 is 36.2 Å². The fourth-order valence-corrected chi connectivity index (χ4v) is 7.16. The summed E-state index contributed by atoms with van der Waals surface area (Å²) in [6.45, 7) is -0.543. The zero-order chi connectivity index (χ0) is 33.2. The zero-order valence-electron chi connectivity index (χ0n) is 24.2. The lowest BCUT2D eigenvalue weighted by molar-refractivity contribution is 0.270. The predicted molar refractivity (Wildman–Crippen MR) is 181 cm³/mol. The second-order valence-electron chi connectivity index (χ2n) is 8.98. The maximum atomic E-state index is 11.4. The van der Waals surface area contributed by atoms with Gasteiger partial charge in [-0.3, -0.25) is 9.05 Å². The second-order valence-corrected chi connectivity index (χ2v) is 16.7. The van der Waals surface area contributed by atoms with Gasteiger partial charge in [-0.05, 0) is 83.8 Å².